The molecular formula is C18H22N2O2. The fourth-order valence-electron chi connectivity index (χ4n) is 2.23. The Morgan fingerprint density at radius 1 is 1.05 bits per heavy atom. The van der Waals surface area contributed by atoms with Gasteiger partial charge in [-0.25, -0.2) is 4.79 Å². The number of carbonyl (C=O) groups is 1. The van der Waals surface area contributed by atoms with E-state index in [1.807, 2.05) is 64.1 Å². The quantitative estimate of drug-likeness (QED) is 0.707. The molecule has 0 aliphatic carbocycles. The van der Waals surface area contributed by atoms with Crippen LogP contribution in [0, 0.1) is 6.92 Å². The minimum Gasteiger partial charge on any atom is -0.508 e. The highest BCUT2D eigenvalue weighted by molar-refractivity contribution is 6.00. The number of amides is 2. The summed E-state index contributed by atoms with van der Waals surface area (Å²) in [5.74, 6) is 0.249. The first-order valence-electron chi connectivity index (χ1n) is 7.24. The molecule has 0 saturated carbocycles. The molecule has 2 rings (SSSR count). The summed E-state index contributed by atoms with van der Waals surface area (Å²) in [5, 5.41) is 15.7. The van der Waals surface area contributed by atoms with E-state index >= 15 is 0 Å². The summed E-state index contributed by atoms with van der Waals surface area (Å²) in [7, 11) is 0. The van der Waals surface area contributed by atoms with Gasteiger partial charge in [-0.05, 0) is 42.2 Å². The number of anilines is 2. The maximum atomic E-state index is 12.1. The van der Waals surface area contributed by atoms with E-state index in [1.54, 1.807) is 6.07 Å². The fourth-order valence-corrected chi connectivity index (χ4v) is 2.23. The molecule has 2 amide bonds. The van der Waals surface area contributed by atoms with E-state index in [0.29, 0.717) is 5.69 Å². The van der Waals surface area contributed by atoms with Gasteiger partial charge in [0, 0.05) is 16.9 Å². The Balaban J connectivity index is 2.20. The van der Waals surface area contributed by atoms with Crippen LogP contribution in [0.4, 0.5) is 16.2 Å². The van der Waals surface area contributed by atoms with Crippen molar-refractivity contribution >= 4 is 17.4 Å². The van der Waals surface area contributed by atoms with Crippen molar-refractivity contribution in [3.05, 3.63) is 53.6 Å². The number of hydrogen-bond acceptors (Lipinski definition) is 2. The van der Waals surface area contributed by atoms with E-state index in [2.05, 4.69) is 10.6 Å². The number of para-hydroxylation sites is 1. The van der Waals surface area contributed by atoms with Crippen LogP contribution in [-0.4, -0.2) is 11.1 Å². The van der Waals surface area contributed by atoms with Crippen molar-refractivity contribution in [2.45, 2.75) is 33.1 Å². The van der Waals surface area contributed by atoms with E-state index in [4.69, 9.17) is 0 Å². The van der Waals surface area contributed by atoms with Gasteiger partial charge < -0.3 is 15.7 Å². The highest BCUT2D eigenvalue weighted by atomic mass is 16.3. The van der Waals surface area contributed by atoms with Crippen molar-refractivity contribution in [3.63, 3.8) is 0 Å². The van der Waals surface area contributed by atoms with Gasteiger partial charge in [-0.2, -0.15) is 0 Å². The lowest BCUT2D eigenvalue weighted by atomic mass is 9.85. The second-order valence-electron chi connectivity index (χ2n) is 6.38. The van der Waals surface area contributed by atoms with Gasteiger partial charge in [-0.1, -0.05) is 39.0 Å². The number of nitrogens with one attached hydrogen (secondary N) is 2. The minimum absolute atomic E-state index is 0.204. The van der Waals surface area contributed by atoms with Crippen LogP contribution in [0.5, 0.6) is 5.75 Å². The van der Waals surface area contributed by atoms with Crippen LogP contribution < -0.4 is 10.6 Å². The summed E-state index contributed by atoms with van der Waals surface area (Å²) in [4.78, 5) is 12.1. The van der Waals surface area contributed by atoms with Crippen molar-refractivity contribution in [1.29, 1.82) is 0 Å². The fraction of sp³-hybridized carbons (Fsp3) is 0.278. The molecular weight excluding hydrogens is 276 g/mol. The molecule has 3 N–H and O–H groups in total. The first-order chi connectivity index (χ1) is 10.3. The van der Waals surface area contributed by atoms with Crippen molar-refractivity contribution in [2.75, 3.05) is 10.6 Å². The number of hydrogen-bond donors (Lipinski definition) is 3. The summed E-state index contributed by atoms with van der Waals surface area (Å²) in [5.41, 5.74) is 2.83. The second kappa shape index (κ2) is 6.10. The molecule has 22 heavy (non-hydrogen) atoms. The monoisotopic (exact) mass is 298 g/mol. The van der Waals surface area contributed by atoms with Gasteiger partial charge in [0.25, 0.3) is 0 Å². The highest BCUT2D eigenvalue weighted by Crippen LogP contribution is 2.34. The second-order valence-corrected chi connectivity index (χ2v) is 6.38. The molecule has 0 spiro atoms. The number of phenolic OH excluding ortho intramolecular Hbond substituents is 1. The number of urea groups is 1. The zero-order valence-corrected chi connectivity index (χ0v) is 13.4. The lowest BCUT2D eigenvalue weighted by Gasteiger charge is -2.22. The largest absolute Gasteiger partial charge is 0.508 e. The Hall–Kier alpha value is -2.49. The molecule has 4 heteroatoms. The van der Waals surface area contributed by atoms with E-state index in [0.717, 1.165) is 16.8 Å². The Bertz CT molecular complexity index is 673. The van der Waals surface area contributed by atoms with Crippen LogP contribution in [0.2, 0.25) is 0 Å². The Morgan fingerprint density at radius 2 is 1.68 bits per heavy atom. The van der Waals surface area contributed by atoms with Gasteiger partial charge in [0.15, 0.2) is 0 Å². The molecule has 0 unspecified atom stereocenters. The minimum atomic E-state index is -0.306. The van der Waals surface area contributed by atoms with E-state index < -0.39 is 0 Å². The molecule has 2 aromatic carbocycles. The summed E-state index contributed by atoms with van der Waals surface area (Å²) in [6.45, 7) is 7.91. The number of benzene rings is 2. The van der Waals surface area contributed by atoms with Gasteiger partial charge in [0.1, 0.15) is 5.75 Å². The molecule has 0 aliphatic heterocycles. The molecule has 0 atom stereocenters. The summed E-state index contributed by atoms with van der Waals surface area (Å²) < 4.78 is 0. The molecule has 2 aromatic rings. The van der Waals surface area contributed by atoms with Crippen LogP contribution in [-0.2, 0) is 5.41 Å². The average molecular weight is 298 g/mol. The predicted molar refractivity (Wildman–Crippen MR) is 90.6 cm³/mol. The Morgan fingerprint density at radius 3 is 2.27 bits per heavy atom. The highest BCUT2D eigenvalue weighted by Gasteiger charge is 2.20. The number of carbonyl (C=O) groups excluding carboxylic acids is 1. The van der Waals surface area contributed by atoms with Gasteiger partial charge in [-0.3, -0.25) is 0 Å². The third-order valence-electron chi connectivity index (χ3n) is 3.43. The molecule has 116 valence electrons. The van der Waals surface area contributed by atoms with Gasteiger partial charge >= 0.3 is 6.03 Å². The number of rotatable bonds is 2. The third-order valence-corrected chi connectivity index (χ3v) is 3.43. The van der Waals surface area contributed by atoms with Crippen LogP contribution in [0.3, 0.4) is 0 Å². The van der Waals surface area contributed by atoms with Crippen LogP contribution in [0.25, 0.3) is 0 Å². The molecule has 0 aromatic heterocycles. The molecule has 0 heterocycles. The number of phenols is 1. The SMILES string of the molecule is Cc1cc(O)c(C(C)(C)C)cc1NC(=O)Nc1ccccc1. The standard InChI is InChI=1S/C18H22N2O2/c1-12-10-16(21)14(18(2,3)4)11-15(12)20-17(22)19-13-8-6-5-7-9-13/h5-11,21H,1-4H3,(H2,19,20,22). The van der Waals surface area contributed by atoms with Gasteiger partial charge in [0.05, 0.1) is 0 Å². The van der Waals surface area contributed by atoms with Crippen LogP contribution >= 0.6 is 0 Å². The Kier molecular flexibility index (Phi) is 4.40. The maximum Gasteiger partial charge on any atom is 0.323 e. The molecule has 0 fully saturated rings. The summed E-state index contributed by atoms with van der Waals surface area (Å²) >= 11 is 0. The van der Waals surface area contributed by atoms with E-state index in [-0.39, 0.29) is 17.2 Å². The molecule has 0 bridgehead atoms. The smallest absolute Gasteiger partial charge is 0.323 e. The molecule has 4 nitrogen and oxygen atoms in total. The zero-order valence-electron chi connectivity index (χ0n) is 13.4. The number of aryl methyl sites for hydroxylation is 1. The maximum absolute atomic E-state index is 12.1. The molecule has 0 saturated heterocycles. The first kappa shape index (κ1) is 15.9. The van der Waals surface area contributed by atoms with Crippen molar-refractivity contribution in [2.24, 2.45) is 0 Å². The predicted octanol–water partition coefficient (Wildman–Crippen LogP) is 4.64. The lowest BCUT2D eigenvalue weighted by molar-refractivity contribution is 0.262. The van der Waals surface area contributed by atoms with Crippen molar-refractivity contribution in [1.82, 2.24) is 0 Å². The lowest BCUT2D eigenvalue weighted by Crippen LogP contribution is -2.21. The normalized spacial score (nSPS) is 11.1. The summed E-state index contributed by atoms with van der Waals surface area (Å²) in [6.07, 6.45) is 0. The van der Waals surface area contributed by atoms with Crippen molar-refractivity contribution < 1.29 is 9.90 Å². The average Bonchev–Trinajstić information content (AvgIpc) is 2.41. The van der Waals surface area contributed by atoms with Crippen LogP contribution in [0.1, 0.15) is 31.9 Å². The number of aromatic hydroxyl groups is 1. The molecule has 0 radical (unpaired) electrons. The first-order valence-corrected chi connectivity index (χ1v) is 7.24. The van der Waals surface area contributed by atoms with Gasteiger partial charge in [0.2, 0.25) is 0 Å². The third kappa shape index (κ3) is 3.79. The molecule has 0 aliphatic rings. The van der Waals surface area contributed by atoms with E-state index in [9.17, 15) is 9.90 Å². The Labute approximate surface area is 131 Å². The topological polar surface area (TPSA) is 61.4 Å². The van der Waals surface area contributed by atoms with Crippen molar-refractivity contribution in [3.8, 4) is 5.75 Å². The zero-order chi connectivity index (χ0) is 16.3. The van der Waals surface area contributed by atoms with Crippen LogP contribution in [0.15, 0.2) is 42.5 Å². The summed E-state index contributed by atoms with van der Waals surface area (Å²) in [6, 6.07) is 12.5. The van der Waals surface area contributed by atoms with E-state index in [1.165, 1.54) is 0 Å². The van der Waals surface area contributed by atoms with Gasteiger partial charge in [-0.15, -0.1) is 0 Å².